The number of carbonyl (C=O) groups excluding carboxylic acids is 2. The van der Waals surface area contributed by atoms with Crippen LogP contribution in [0.4, 0.5) is 5.00 Å². The number of hydrogen-bond acceptors (Lipinski definition) is 4. The molecule has 3 N–H and O–H groups in total. The van der Waals surface area contributed by atoms with Gasteiger partial charge in [-0.15, -0.1) is 11.3 Å². The van der Waals surface area contributed by atoms with Crippen LogP contribution in [0.25, 0.3) is 0 Å². The third-order valence-electron chi connectivity index (χ3n) is 4.42. The molecule has 0 saturated heterocycles. The van der Waals surface area contributed by atoms with Crippen molar-refractivity contribution >= 4 is 39.8 Å². The molecule has 0 radical (unpaired) electrons. The molecule has 1 aromatic heterocycles. The lowest BCUT2D eigenvalue weighted by atomic mass is 9.88. The first-order valence-electron chi connectivity index (χ1n) is 8.56. The number of thiophene rings is 1. The summed E-state index contributed by atoms with van der Waals surface area (Å²) in [6.07, 6.45) is 2.97. The molecule has 0 bridgehead atoms. The second-order valence-electron chi connectivity index (χ2n) is 6.52. The molecule has 1 aliphatic carbocycles. The molecule has 2 amide bonds. The predicted molar refractivity (Wildman–Crippen MR) is 104 cm³/mol. The molecule has 1 unspecified atom stereocenters. The Morgan fingerprint density at radius 1 is 1.35 bits per heavy atom. The lowest BCUT2D eigenvalue weighted by Crippen LogP contribution is -2.20. The maximum atomic E-state index is 12.3. The summed E-state index contributed by atoms with van der Waals surface area (Å²) in [5.41, 5.74) is 7.05. The average Bonchev–Trinajstić information content (AvgIpc) is 2.93. The molecule has 3 rings (SSSR count). The van der Waals surface area contributed by atoms with Gasteiger partial charge in [0.1, 0.15) is 10.8 Å². The van der Waals surface area contributed by atoms with E-state index in [1.54, 1.807) is 24.3 Å². The second-order valence-corrected chi connectivity index (χ2v) is 8.06. The Labute approximate surface area is 161 Å². The molecule has 7 heteroatoms. The first kappa shape index (κ1) is 18.7. The second kappa shape index (κ2) is 8.10. The van der Waals surface area contributed by atoms with E-state index in [0.29, 0.717) is 27.3 Å². The molecular formula is C19H21ClN2O3S. The van der Waals surface area contributed by atoms with Crippen LogP contribution in [0.3, 0.4) is 0 Å². The summed E-state index contributed by atoms with van der Waals surface area (Å²) in [6.45, 7) is 2.43. The maximum absolute atomic E-state index is 12.3. The fourth-order valence-electron chi connectivity index (χ4n) is 3.08. The number of rotatable bonds is 6. The quantitative estimate of drug-likeness (QED) is 0.778. The van der Waals surface area contributed by atoms with Gasteiger partial charge in [0.2, 0.25) is 5.91 Å². The molecule has 2 aromatic rings. The van der Waals surface area contributed by atoms with Gasteiger partial charge in [0.05, 0.1) is 18.6 Å². The van der Waals surface area contributed by atoms with Gasteiger partial charge >= 0.3 is 0 Å². The number of benzene rings is 1. The van der Waals surface area contributed by atoms with Crippen LogP contribution in [0.1, 0.15) is 40.6 Å². The molecule has 138 valence electrons. The minimum absolute atomic E-state index is 0.180. The smallest absolute Gasteiger partial charge is 0.251 e. The molecule has 1 atom stereocenters. The van der Waals surface area contributed by atoms with Gasteiger partial charge in [0.15, 0.2) is 0 Å². The van der Waals surface area contributed by atoms with Crippen LogP contribution in [0, 0.1) is 5.92 Å². The minimum Gasteiger partial charge on any atom is -0.493 e. The number of carbonyl (C=O) groups is 2. The van der Waals surface area contributed by atoms with Crippen molar-refractivity contribution in [3.63, 3.8) is 0 Å². The van der Waals surface area contributed by atoms with Crippen molar-refractivity contribution in [3.8, 4) is 5.75 Å². The Balaban J connectivity index is 1.62. The Morgan fingerprint density at radius 3 is 2.77 bits per heavy atom. The van der Waals surface area contributed by atoms with Crippen LogP contribution in [-0.2, 0) is 17.6 Å². The Hall–Kier alpha value is -2.05. The molecule has 1 aliphatic rings. The van der Waals surface area contributed by atoms with Crippen LogP contribution in [0.2, 0.25) is 5.02 Å². The van der Waals surface area contributed by atoms with Crippen LogP contribution in [-0.4, -0.2) is 18.4 Å². The zero-order valence-electron chi connectivity index (χ0n) is 14.5. The lowest BCUT2D eigenvalue weighted by Gasteiger charge is -2.18. The van der Waals surface area contributed by atoms with E-state index in [1.807, 2.05) is 0 Å². The summed E-state index contributed by atoms with van der Waals surface area (Å²) >= 11 is 7.29. The molecule has 1 heterocycles. The van der Waals surface area contributed by atoms with Crippen molar-refractivity contribution in [1.29, 1.82) is 0 Å². The summed E-state index contributed by atoms with van der Waals surface area (Å²) in [5.74, 6) is 0.552. The van der Waals surface area contributed by atoms with Crippen molar-refractivity contribution in [2.24, 2.45) is 11.7 Å². The van der Waals surface area contributed by atoms with E-state index in [4.69, 9.17) is 22.1 Å². The summed E-state index contributed by atoms with van der Waals surface area (Å²) in [5, 5.41) is 4.03. The van der Waals surface area contributed by atoms with Crippen LogP contribution in [0.5, 0.6) is 5.75 Å². The third-order valence-corrected chi connectivity index (χ3v) is 5.84. The first-order valence-corrected chi connectivity index (χ1v) is 9.76. The molecule has 0 fully saturated rings. The lowest BCUT2D eigenvalue weighted by molar-refractivity contribution is -0.116. The van der Waals surface area contributed by atoms with Crippen LogP contribution in [0.15, 0.2) is 24.3 Å². The molecule has 0 spiro atoms. The van der Waals surface area contributed by atoms with Crippen molar-refractivity contribution < 1.29 is 14.3 Å². The number of ether oxygens (including phenoxy) is 1. The number of fused-ring (bicyclic) bond motifs is 1. The Kier molecular flexibility index (Phi) is 5.84. The van der Waals surface area contributed by atoms with Crippen LogP contribution < -0.4 is 15.8 Å². The third kappa shape index (κ3) is 4.37. The number of nitrogens with two attached hydrogens (primary N) is 1. The average molecular weight is 393 g/mol. The molecule has 1 aromatic carbocycles. The zero-order chi connectivity index (χ0) is 18.7. The van der Waals surface area contributed by atoms with Gasteiger partial charge in [-0.2, -0.15) is 0 Å². The molecule has 0 aliphatic heterocycles. The minimum atomic E-state index is -0.482. The van der Waals surface area contributed by atoms with Gasteiger partial charge in [-0.3, -0.25) is 9.59 Å². The van der Waals surface area contributed by atoms with E-state index in [9.17, 15) is 9.59 Å². The summed E-state index contributed by atoms with van der Waals surface area (Å²) in [7, 11) is 0. The van der Waals surface area contributed by atoms with Gasteiger partial charge in [0, 0.05) is 9.90 Å². The van der Waals surface area contributed by atoms with E-state index >= 15 is 0 Å². The van der Waals surface area contributed by atoms with Gasteiger partial charge < -0.3 is 15.8 Å². The summed E-state index contributed by atoms with van der Waals surface area (Å²) in [4.78, 5) is 25.3. The van der Waals surface area contributed by atoms with E-state index in [1.165, 1.54) is 11.3 Å². The number of primary amides is 1. The topological polar surface area (TPSA) is 81.4 Å². The van der Waals surface area contributed by atoms with Crippen molar-refractivity contribution in [3.05, 3.63) is 45.3 Å². The number of anilines is 1. The fraction of sp³-hybridized carbons (Fsp3) is 0.368. The summed E-state index contributed by atoms with van der Waals surface area (Å²) < 4.78 is 5.53. The molecule has 26 heavy (non-hydrogen) atoms. The molecule has 5 nitrogen and oxygen atoms in total. The van der Waals surface area contributed by atoms with E-state index in [0.717, 1.165) is 29.7 Å². The maximum Gasteiger partial charge on any atom is 0.251 e. The van der Waals surface area contributed by atoms with Crippen molar-refractivity contribution in [2.45, 2.75) is 32.6 Å². The van der Waals surface area contributed by atoms with Gasteiger partial charge in [-0.1, -0.05) is 18.5 Å². The van der Waals surface area contributed by atoms with Crippen molar-refractivity contribution in [1.82, 2.24) is 0 Å². The standard InChI is InChI=1S/C19H21ClN2O3S/c1-11-2-7-14-15(10-11)26-19(17(14)18(21)24)22-16(23)8-9-25-13-5-3-12(20)4-6-13/h3-6,11H,2,7-10H2,1H3,(H2,21,24)(H,22,23). The van der Waals surface area contributed by atoms with E-state index in [-0.39, 0.29) is 18.9 Å². The number of amides is 2. The van der Waals surface area contributed by atoms with Crippen molar-refractivity contribution in [2.75, 3.05) is 11.9 Å². The zero-order valence-corrected chi connectivity index (χ0v) is 16.1. The van der Waals surface area contributed by atoms with E-state index in [2.05, 4.69) is 12.2 Å². The largest absolute Gasteiger partial charge is 0.493 e. The predicted octanol–water partition coefficient (Wildman–Crippen LogP) is 4.03. The van der Waals surface area contributed by atoms with Crippen LogP contribution >= 0.6 is 22.9 Å². The fourth-order valence-corrected chi connectivity index (χ4v) is 4.64. The molecular weight excluding hydrogens is 372 g/mol. The normalized spacial score (nSPS) is 16.0. The van der Waals surface area contributed by atoms with Gasteiger partial charge in [0.25, 0.3) is 5.91 Å². The first-order chi connectivity index (χ1) is 12.4. The SMILES string of the molecule is CC1CCc2c(sc(NC(=O)CCOc3ccc(Cl)cc3)c2C(N)=O)C1. The highest BCUT2D eigenvalue weighted by molar-refractivity contribution is 7.17. The highest BCUT2D eigenvalue weighted by Gasteiger charge is 2.27. The number of halogens is 1. The van der Waals surface area contributed by atoms with Gasteiger partial charge in [-0.05, 0) is 55.0 Å². The van der Waals surface area contributed by atoms with E-state index < -0.39 is 5.91 Å². The monoisotopic (exact) mass is 392 g/mol. The number of nitrogens with one attached hydrogen (secondary N) is 1. The Bertz CT molecular complexity index is 817. The Morgan fingerprint density at radius 2 is 2.08 bits per heavy atom. The molecule has 0 saturated carbocycles. The number of hydrogen-bond donors (Lipinski definition) is 2. The summed E-state index contributed by atoms with van der Waals surface area (Å²) in [6, 6.07) is 6.96. The highest BCUT2D eigenvalue weighted by atomic mass is 35.5. The van der Waals surface area contributed by atoms with Gasteiger partial charge in [-0.25, -0.2) is 0 Å². The highest BCUT2D eigenvalue weighted by Crippen LogP contribution is 2.39.